The topological polar surface area (TPSA) is 79.8 Å². The molecule has 2 N–H and O–H groups in total. The third kappa shape index (κ3) is 7.52. The lowest BCUT2D eigenvalue weighted by Crippen LogP contribution is -2.48. The Morgan fingerprint density at radius 1 is 1.17 bits per heavy atom. The lowest BCUT2D eigenvalue weighted by atomic mass is 10.0. The molecule has 1 unspecified atom stereocenters. The molecule has 0 heterocycles. The summed E-state index contributed by atoms with van der Waals surface area (Å²) < 4.78 is 5.62. The number of nitrogens with one attached hydrogen (secondary N) is 2. The van der Waals surface area contributed by atoms with Gasteiger partial charge in [0.1, 0.15) is 11.8 Å². The van der Waals surface area contributed by atoms with E-state index in [0.29, 0.717) is 17.2 Å². The average Bonchev–Trinajstić information content (AvgIpc) is 2.72. The molecule has 1 atom stereocenters. The second-order valence-electron chi connectivity index (χ2n) is 7.21. The quantitative estimate of drug-likeness (QED) is 0.333. The van der Waals surface area contributed by atoms with Crippen molar-refractivity contribution in [3.8, 4) is 5.75 Å². The van der Waals surface area contributed by atoms with Gasteiger partial charge in [-0.25, -0.2) is 5.43 Å². The van der Waals surface area contributed by atoms with E-state index in [-0.39, 0.29) is 11.8 Å². The van der Waals surface area contributed by atoms with Gasteiger partial charge in [-0.05, 0) is 60.4 Å². The number of carbonyl (C=O) groups excluding carboxylic acids is 2. The van der Waals surface area contributed by atoms with Gasteiger partial charge in [0.25, 0.3) is 11.8 Å². The van der Waals surface area contributed by atoms with Gasteiger partial charge < -0.3 is 10.1 Å². The summed E-state index contributed by atoms with van der Waals surface area (Å²) in [4.78, 5) is 25.0. The van der Waals surface area contributed by atoms with E-state index in [4.69, 9.17) is 16.3 Å². The number of nitrogens with zero attached hydrogens (tertiary/aromatic N) is 1. The van der Waals surface area contributed by atoms with Gasteiger partial charge in [0, 0.05) is 10.6 Å². The van der Waals surface area contributed by atoms with Crippen LogP contribution in [0.1, 0.15) is 49.5 Å². The summed E-state index contributed by atoms with van der Waals surface area (Å²) in [7, 11) is 0. The number of hydrazone groups is 1. The Morgan fingerprint density at radius 2 is 1.90 bits per heavy atom. The first kappa shape index (κ1) is 23.4. The number of ether oxygens (including phenoxy) is 1. The van der Waals surface area contributed by atoms with Gasteiger partial charge >= 0.3 is 0 Å². The van der Waals surface area contributed by atoms with E-state index >= 15 is 0 Å². The monoisotopic (exact) mass is 429 g/mol. The highest BCUT2D eigenvalue weighted by Gasteiger charge is 2.24. The lowest BCUT2D eigenvalue weighted by Gasteiger charge is -2.20. The van der Waals surface area contributed by atoms with Crippen LogP contribution in [0.15, 0.2) is 53.6 Å². The number of rotatable bonds is 10. The van der Waals surface area contributed by atoms with Crippen molar-refractivity contribution in [2.45, 2.75) is 39.7 Å². The van der Waals surface area contributed by atoms with Crippen LogP contribution in [0.2, 0.25) is 5.02 Å². The molecule has 0 aliphatic carbocycles. The molecule has 0 aliphatic rings. The molecule has 160 valence electrons. The second-order valence-corrected chi connectivity index (χ2v) is 7.65. The molecule has 0 bridgehead atoms. The number of carbonyl (C=O) groups is 2. The normalized spacial score (nSPS) is 12.0. The Hall–Kier alpha value is -2.86. The molecule has 6 nitrogen and oxygen atoms in total. The fourth-order valence-corrected chi connectivity index (χ4v) is 2.80. The van der Waals surface area contributed by atoms with E-state index in [1.54, 1.807) is 30.5 Å². The highest BCUT2D eigenvalue weighted by molar-refractivity contribution is 6.31. The molecule has 0 radical (unpaired) electrons. The predicted molar refractivity (Wildman–Crippen MR) is 120 cm³/mol. The Balaban J connectivity index is 1.92. The molecule has 0 fully saturated rings. The van der Waals surface area contributed by atoms with Gasteiger partial charge in [0.15, 0.2) is 0 Å². The van der Waals surface area contributed by atoms with Gasteiger partial charge in [-0.1, -0.05) is 44.9 Å². The Morgan fingerprint density at radius 3 is 2.53 bits per heavy atom. The SMILES string of the molecule is CCCCOc1ccc(/C=N/NC(=O)C(NC(=O)c2cccc(Cl)c2)C(C)C)cc1. The molecule has 0 aliphatic heterocycles. The summed E-state index contributed by atoms with van der Waals surface area (Å²) in [5, 5.41) is 7.20. The van der Waals surface area contributed by atoms with Crippen LogP contribution in [0.3, 0.4) is 0 Å². The molecular formula is C23H28ClN3O3. The van der Waals surface area contributed by atoms with E-state index in [9.17, 15) is 9.59 Å². The number of benzene rings is 2. The molecule has 30 heavy (non-hydrogen) atoms. The smallest absolute Gasteiger partial charge is 0.262 e. The van der Waals surface area contributed by atoms with Crippen molar-refractivity contribution >= 4 is 29.6 Å². The van der Waals surface area contributed by atoms with Crippen molar-refractivity contribution in [1.29, 1.82) is 0 Å². The standard InChI is InChI=1S/C23H28ClN3O3/c1-4-5-13-30-20-11-9-17(10-12-20)15-25-27-23(29)21(16(2)3)26-22(28)18-7-6-8-19(24)14-18/h6-12,14-16,21H,4-5,13H2,1-3H3,(H,26,28)(H,27,29)/b25-15+. The number of hydrogen-bond donors (Lipinski definition) is 2. The van der Waals surface area contributed by atoms with Crippen LogP contribution >= 0.6 is 11.6 Å². The minimum absolute atomic E-state index is 0.122. The number of amides is 2. The number of hydrogen-bond acceptors (Lipinski definition) is 4. The summed E-state index contributed by atoms with van der Waals surface area (Å²) in [6.07, 6.45) is 3.64. The minimum Gasteiger partial charge on any atom is -0.494 e. The van der Waals surface area contributed by atoms with Crippen molar-refractivity contribution in [2.75, 3.05) is 6.61 Å². The van der Waals surface area contributed by atoms with E-state index in [2.05, 4.69) is 22.8 Å². The van der Waals surface area contributed by atoms with Gasteiger partial charge in [0.2, 0.25) is 0 Å². The molecule has 2 rings (SSSR count). The minimum atomic E-state index is -0.733. The maximum Gasteiger partial charge on any atom is 0.262 e. The van der Waals surface area contributed by atoms with Gasteiger partial charge in [0.05, 0.1) is 12.8 Å². The number of unbranched alkanes of at least 4 members (excludes halogenated alkanes) is 1. The first-order valence-electron chi connectivity index (χ1n) is 10.0. The summed E-state index contributed by atoms with van der Waals surface area (Å²) in [6, 6.07) is 13.3. The van der Waals surface area contributed by atoms with Gasteiger partial charge in [-0.15, -0.1) is 0 Å². The highest BCUT2D eigenvalue weighted by Crippen LogP contribution is 2.13. The summed E-state index contributed by atoms with van der Waals surface area (Å²) >= 11 is 5.93. The second kappa shape index (κ2) is 12.0. The zero-order valence-corrected chi connectivity index (χ0v) is 18.3. The first-order valence-corrected chi connectivity index (χ1v) is 10.4. The third-order valence-corrected chi connectivity index (χ3v) is 4.59. The van der Waals surface area contributed by atoms with Crippen LogP contribution in [0.25, 0.3) is 0 Å². The van der Waals surface area contributed by atoms with E-state index in [1.807, 2.05) is 38.1 Å². The molecule has 0 spiro atoms. The Bertz CT molecular complexity index is 866. The molecule has 0 saturated heterocycles. The summed E-state index contributed by atoms with van der Waals surface area (Å²) in [5.74, 6) is -0.0822. The van der Waals surface area contributed by atoms with Crippen LogP contribution in [0.4, 0.5) is 0 Å². The fourth-order valence-electron chi connectivity index (χ4n) is 2.61. The molecule has 7 heteroatoms. The predicted octanol–water partition coefficient (Wildman–Crippen LogP) is 4.42. The number of halogens is 1. The Kier molecular flexibility index (Phi) is 9.35. The lowest BCUT2D eigenvalue weighted by molar-refractivity contribution is -0.123. The van der Waals surface area contributed by atoms with E-state index in [1.165, 1.54) is 0 Å². The van der Waals surface area contributed by atoms with Crippen molar-refractivity contribution in [2.24, 2.45) is 11.0 Å². The molecule has 2 aromatic carbocycles. The maximum atomic E-state index is 12.5. The molecule has 0 aromatic heterocycles. The van der Waals surface area contributed by atoms with Crippen molar-refractivity contribution in [3.05, 3.63) is 64.7 Å². The van der Waals surface area contributed by atoms with Gasteiger partial charge in [-0.3, -0.25) is 9.59 Å². The van der Waals surface area contributed by atoms with Crippen LogP contribution in [-0.2, 0) is 4.79 Å². The maximum absolute atomic E-state index is 12.5. The first-order chi connectivity index (χ1) is 14.4. The van der Waals surface area contributed by atoms with Crippen molar-refractivity contribution in [1.82, 2.24) is 10.7 Å². The zero-order chi connectivity index (χ0) is 21.9. The molecule has 2 amide bonds. The van der Waals surface area contributed by atoms with Crippen molar-refractivity contribution in [3.63, 3.8) is 0 Å². The average molecular weight is 430 g/mol. The third-order valence-electron chi connectivity index (χ3n) is 4.36. The molecule has 2 aromatic rings. The Labute approximate surface area is 182 Å². The molecule has 0 saturated carbocycles. The van der Waals surface area contributed by atoms with E-state index in [0.717, 1.165) is 24.2 Å². The van der Waals surface area contributed by atoms with Crippen LogP contribution < -0.4 is 15.5 Å². The van der Waals surface area contributed by atoms with Crippen molar-refractivity contribution < 1.29 is 14.3 Å². The van der Waals surface area contributed by atoms with E-state index < -0.39 is 11.9 Å². The zero-order valence-electron chi connectivity index (χ0n) is 17.5. The summed E-state index contributed by atoms with van der Waals surface area (Å²) in [6.45, 7) is 6.51. The fraction of sp³-hybridized carbons (Fsp3) is 0.348. The summed E-state index contributed by atoms with van der Waals surface area (Å²) in [5.41, 5.74) is 3.71. The van der Waals surface area contributed by atoms with Gasteiger partial charge in [-0.2, -0.15) is 5.10 Å². The van der Waals surface area contributed by atoms with Crippen LogP contribution in [0, 0.1) is 5.92 Å². The molecular weight excluding hydrogens is 402 g/mol. The highest BCUT2D eigenvalue weighted by atomic mass is 35.5. The van der Waals surface area contributed by atoms with Crippen LogP contribution in [0.5, 0.6) is 5.75 Å². The van der Waals surface area contributed by atoms with Crippen LogP contribution in [-0.4, -0.2) is 30.7 Å². The largest absolute Gasteiger partial charge is 0.494 e.